The van der Waals surface area contributed by atoms with Gasteiger partial charge in [0.1, 0.15) is 16.7 Å². The van der Waals surface area contributed by atoms with E-state index in [1.807, 2.05) is 6.20 Å². The normalized spacial score (nSPS) is 24.9. The van der Waals surface area contributed by atoms with Gasteiger partial charge in [0.05, 0.1) is 6.20 Å². The molecule has 186 valence electrons. The largest absolute Gasteiger partial charge is 0.381 e. The summed E-state index contributed by atoms with van der Waals surface area (Å²) < 4.78 is 5.54. The Bertz CT molecular complexity index is 1120. The summed E-state index contributed by atoms with van der Waals surface area (Å²) in [5.74, 6) is 0.778. The van der Waals surface area contributed by atoms with Crippen molar-refractivity contribution < 1.29 is 4.74 Å². The number of H-pyrrole nitrogens is 1. The fourth-order valence-electron chi connectivity index (χ4n) is 5.88. The third kappa shape index (κ3) is 4.48. The Morgan fingerprint density at radius 1 is 0.943 bits per heavy atom. The monoisotopic (exact) mass is 476 g/mol. The Kier molecular flexibility index (Phi) is 6.30. The van der Waals surface area contributed by atoms with Gasteiger partial charge in [-0.1, -0.05) is 12.1 Å². The molecule has 0 amide bonds. The predicted octanol–water partition coefficient (Wildman–Crippen LogP) is 2.51. The standard InChI is InChI=1S/C26H36N8O/c1-18-15-27-16-19(2)34(18)26-28-17-23-25(29-26)24(31-30-23)20-3-5-21(6-4-20)32-9-11-33(12-10-32)22-7-13-35-14-8-22/h3-6,17-19,22,27H,7-16H2,1-2H3,(H,30,31)/t18-,19+. The number of hydrogen-bond donors (Lipinski definition) is 2. The van der Waals surface area contributed by atoms with Crippen LogP contribution in [0.4, 0.5) is 11.6 Å². The van der Waals surface area contributed by atoms with E-state index in [4.69, 9.17) is 9.72 Å². The molecule has 9 heteroatoms. The van der Waals surface area contributed by atoms with E-state index in [2.05, 4.69) is 73.3 Å². The molecule has 3 aliphatic heterocycles. The van der Waals surface area contributed by atoms with Gasteiger partial charge in [-0.25, -0.2) is 9.97 Å². The van der Waals surface area contributed by atoms with Crippen LogP contribution in [0.2, 0.25) is 0 Å². The number of hydrogen-bond acceptors (Lipinski definition) is 8. The number of aromatic nitrogens is 4. The quantitative estimate of drug-likeness (QED) is 0.594. The van der Waals surface area contributed by atoms with Crippen molar-refractivity contribution >= 4 is 22.7 Å². The summed E-state index contributed by atoms with van der Waals surface area (Å²) in [5.41, 5.74) is 4.99. The summed E-state index contributed by atoms with van der Waals surface area (Å²) in [5, 5.41) is 11.2. The molecule has 3 aromatic rings. The zero-order valence-corrected chi connectivity index (χ0v) is 20.8. The van der Waals surface area contributed by atoms with Crippen LogP contribution < -0.4 is 15.1 Å². The minimum atomic E-state index is 0.345. The maximum Gasteiger partial charge on any atom is 0.226 e. The first-order chi connectivity index (χ1) is 17.2. The maximum atomic E-state index is 5.54. The molecule has 0 spiro atoms. The second-order valence-electron chi connectivity index (χ2n) is 10.2. The number of fused-ring (bicyclic) bond motifs is 1. The third-order valence-corrected chi connectivity index (χ3v) is 7.88. The molecule has 0 unspecified atom stereocenters. The molecule has 0 aliphatic carbocycles. The van der Waals surface area contributed by atoms with Crippen LogP contribution >= 0.6 is 0 Å². The van der Waals surface area contributed by atoms with Crippen LogP contribution in [-0.4, -0.2) is 95.7 Å². The number of anilines is 2. The van der Waals surface area contributed by atoms with Crippen molar-refractivity contribution in [2.45, 2.75) is 44.8 Å². The van der Waals surface area contributed by atoms with Gasteiger partial charge in [0.2, 0.25) is 5.95 Å². The Morgan fingerprint density at radius 3 is 2.37 bits per heavy atom. The topological polar surface area (TPSA) is 85.4 Å². The lowest BCUT2D eigenvalue weighted by Crippen LogP contribution is -2.55. The van der Waals surface area contributed by atoms with Gasteiger partial charge in [-0.15, -0.1) is 0 Å². The highest BCUT2D eigenvalue weighted by Crippen LogP contribution is 2.29. The number of rotatable bonds is 4. The molecule has 3 fully saturated rings. The van der Waals surface area contributed by atoms with Crippen molar-refractivity contribution in [3.05, 3.63) is 30.5 Å². The van der Waals surface area contributed by atoms with Gasteiger partial charge in [0, 0.05) is 81.9 Å². The van der Waals surface area contributed by atoms with E-state index in [9.17, 15) is 0 Å². The second kappa shape index (κ2) is 9.72. The van der Waals surface area contributed by atoms with Crippen molar-refractivity contribution in [1.82, 2.24) is 30.4 Å². The summed E-state index contributed by atoms with van der Waals surface area (Å²) in [7, 11) is 0. The highest BCUT2D eigenvalue weighted by Gasteiger charge is 2.28. The number of nitrogens with zero attached hydrogens (tertiary/aromatic N) is 6. The van der Waals surface area contributed by atoms with E-state index in [1.165, 1.54) is 18.5 Å². The van der Waals surface area contributed by atoms with Crippen molar-refractivity contribution in [3.8, 4) is 11.3 Å². The number of benzene rings is 1. The minimum Gasteiger partial charge on any atom is -0.381 e. The van der Waals surface area contributed by atoms with E-state index < -0.39 is 0 Å². The summed E-state index contributed by atoms with van der Waals surface area (Å²) in [4.78, 5) is 17.1. The number of ether oxygens (including phenoxy) is 1. The number of nitrogens with one attached hydrogen (secondary N) is 2. The minimum absolute atomic E-state index is 0.345. The van der Waals surface area contributed by atoms with E-state index >= 15 is 0 Å². The maximum absolute atomic E-state index is 5.54. The van der Waals surface area contributed by atoms with Crippen LogP contribution in [-0.2, 0) is 4.74 Å². The molecule has 0 radical (unpaired) electrons. The Morgan fingerprint density at radius 2 is 1.66 bits per heavy atom. The lowest BCUT2D eigenvalue weighted by molar-refractivity contribution is 0.0321. The average molecular weight is 477 g/mol. The lowest BCUT2D eigenvalue weighted by atomic mass is 10.1. The van der Waals surface area contributed by atoms with Crippen molar-refractivity contribution in [3.63, 3.8) is 0 Å². The van der Waals surface area contributed by atoms with Crippen molar-refractivity contribution in [2.75, 3.05) is 62.3 Å². The lowest BCUT2D eigenvalue weighted by Gasteiger charge is -2.41. The second-order valence-corrected chi connectivity index (χ2v) is 10.2. The van der Waals surface area contributed by atoms with E-state index in [0.717, 1.165) is 80.7 Å². The number of piperazine rings is 2. The molecular formula is C26H36N8O. The zero-order valence-electron chi connectivity index (χ0n) is 20.8. The molecule has 0 bridgehead atoms. The van der Waals surface area contributed by atoms with Gasteiger partial charge in [0.15, 0.2) is 0 Å². The average Bonchev–Trinajstić information content (AvgIpc) is 3.33. The molecule has 2 N–H and O–H groups in total. The highest BCUT2D eigenvalue weighted by atomic mass is 16.5. The Hall–Kier alpha value is -2.75. The molecule has 0 saturated carbocycles. The zero-order chi connectivity index (χ0) is 23.8. The summed E-state index contributed by atoms with van der Waals surface area (Å²) in [6.07, 6.45) is 4.20. The first kappa shape index (κ1) is 22.7. The van der Waals surface area contributed by atoms with Gasteiger partial charge in [-0.05, 0) is 38.8 Å². The molecule has 3 saturated heterocycles. The fraction of sp³-hybridized carbons (Fsp3) is 0.577. The fourth-order valence-corrected chi connectivity index (χ4v) is 5.88. The van der Waals surface area contributed by atoms with E-state index in [-0.39, 0.29) is 0 Å². The van der Waals surface area contributed by atoms with Crippen molar-refractivity contribution in [1.29, 1.82) is 0 Å². The Balaban J connectivity index is 1.18. The Labute approximate surface area is 206 Å². The van der Waals surface area contributed by atoms with E-state index in [0.29, 0.717) is 18.1 Å². The van der Waals surface area contributed by atoms with Gasteiger partial charge in [0.25, 0.3) is 0 Å². The van der Waals surface area contributed by atoms with Crippen molar-refractivity contribution in [2.24, 2.45) is 0 Å². The SMILES string of the molecule is C[C@@H]1CNC[C@H](C)N1c1ncc2[nH]nc(-c3ccc(N4CCN(C5CCOCC5)CC4)cc3)c2n1. The van der Waals surface area contributed by atoms with Crippen LogP contribution in [0, 0.1) is 0 Å². The van der Waals surface area contributed by atoms with Crippen LogP contribution in [0.15, 0.2) is 30.5 Å². The predicted molar refractivity (Wildman–Crippen MR) is 139 cm³/mol. The first-order valence-corrected chi connectivity index (χ1v) is 13.0. The van der Waals surface area contributed by atoms with Gasteiger partial charge >= 0.3 is 0 Å². The van der Waals surface area contributed by atoms with Crippen LogP contribution in [0.1, 0.15) is 26.7 Å². The van der Waals surface area contributed by atoms with Gasteiger partial charge in [-0.3, -0.25) is 10.00 Å². The third-order valence-electron chi connectivity index (χ3n) is 7.88. The van der Waals surface area contributed by atoms with Gasteiger partial charge in [-0.2, -0.15) is 5.10 Å². The smallest absolute Gasteiger partial charge is 0.226 e. The molecule has 2 atom stereocenters. The molecule has 5 heterocycles. The summed E-state index contributed by atoms with van der Waals surface area (Å²) >= 11 is 0. The highest BCUT2D eigenvalue weighted by molar-refractivity contribution is 5.90. The molecule has 3 aliphatic rings. The summed E-state index contributed by atoms with van der Waals surface area (Å²) in [6, 6.07) is 10.2. The molecule has 9 nitrogen and oxygen atoms in total. The van der Waals surface area contributed by atoms with Gasteiger partial charge < -0.3 is 19.9 Å². The van der Waals surface area contributed by atoms with Crippen LogP contribution in [0.5, 0.6) is 0 Å². The van der Waals surface area contributed by atoms with Crippen LogP contribution in [0.25, 0.3) is 22.3 Å². The number of aromatic amines is 1. The molecule has 35 heavy (non-hydrogen) atoms. The van der Waals surface area contributed by atoms with Crippen LogP contribution in [0.3, 0.4) is 0 Å². The molecule has 6 rings (SSSR count). The molecule has 2 aromatic heterocycles. The summed E-state index contributed by atoms with van der Waals surface area (Å²) in [6.45, 7) is 12.5. The van der Waals surface area contributed by atoms with E-state index in [1.54, 1.807) is 0 Å². The first-order valence-electron chi connectivity index (χ1n) is 13.0. The molecular weight excluding hydrogens is 440 g/mol. The molecule has 1 aromatic carbocycles.